The molecule has 1 N–H and O–H groups in total. The van der Waals surface area contributed by atoms with Crippen LogP contribution in [0.15, 0.2) is 57.6 Å². The minimum absolute atomic E-state index is 0.427. The van der Waals surface area contributed by atoms with Gasteiger partial charge in [0.25, 0.3) is 0 Å². The number of carboxylic acids is 1. The molecular weight excluding hydrogens is 402 g/mol. The van der Waals surface area contributed by atoms with Crippen LogP contribution < -0.4 is 9.47 Å². The highest BCUT2D eigenvalue weighted by Gasteiger charge is 2.14. The van der Waals surface area contributed by atoms with E-state index in [9.17, 15) is 4.79 Å². The van der Waals surface area contributed by atoms with Gasteiger partial charge < -0.3 is 19.0 Å². The highest BCUT2D eigenvalue weighted by molar-refractivity contribution is 9.10. The van der Waals surface area contributed by atoms with Gasteiger partial charge in [0.1, 0.15) is 23.5 Å². The standard InChI is InChI=1S/C19H16BrNO5/c1-24-14-4-2-3-12(7-14)8-18-21-16(10-26-18)15-9-13(20)5-6-17(15)25-11-19(22)23/h2-7,9-10H,8,11H2,1H3,(H,22,23). The summed E-state index contributed by atoms with van der Waals surface area (Å²) in [6.45, 7) is -0.427. The van der Waals surface area contributed by atoms with E-state index >= 15 is 0 Å². The number of rotatable bonds is 7. The molecule has 0 unspecified atom stereocenters. The number of aliphatic carboxylic acids is 1. The second-order valence-electron chi connectivity index (χ2n) is 5.48. The first-order chi connectivity index (χ1) is 12.5. The molecule has 0 fully saturated rings. The normalized spacial score (nSPS) is 10.5. The fraction of sp³-hybridized carbons (Fsp3) is 0.158. The Labute approximate surface area is 158 Å². The van der Waals surface area contributed by atoms with Gasteiger partial charge in [0, 0.05) is 16.5 Å². The zero-order valence-corrected chi connectivity index (χ0v) is 15.5. The molecule has 0 aliphatic heterocycles. The first-order valence-corrected chi connectivity index (χ1v) is 8.56. The molecule has 0 amide bonds. The van der Waals surface area contributed by atoms with Gasteiger partial charge in [-0.05, 0) is 35.9 Å². The smallest absolute Gasteiger partial charge is 0.341 e. The minimum Gasteiger partial charge on any atom is -0.497 e. The second kappa shape index (κ2) is 8.05. The van der Waals surface area contributed by atoms with Crippen molar-refractivity contribution in [2.75, 3.05) is 13.7 Å². The molecule has 0 saturated carbocycles. The van der Waals surface area contributed by atoms with E-state index in [1.165, 1.54) is 6.26 Å². The third-order valence-electron chi connectivity index (χ3n) is 3.61. The Morgan fingerprint density at radius 2 is 2.12 bits per heavy atom. The molecule has 0 atom stereocenters. The van der Waals surface area contributed by atoms with Crippen molar-refractivity contribution in [2.24, 2.45) is 0 Å². The summed E-state index contributed by atoms with van der Waals surface area (Å²) in [6.07, 6.45) is 2.04. The average molecular weight is 418 g/mol. The van der Waals surface area contributed by atoms with Gasteiger partial charge in [-0.1, -0.05) is 28.1 Å². The lowest BCUT2D eigenvalue weighted by molar-refractivity contribution is -0.139. The van der Waals surface area contributed by atoms with Crippen LogP contribution in [0.25, 0.3) is 11.3 Å². The second-order valence-corrected chi connectivity index (χ2v) is 6.39. The summed E-state index contributed by atoms with van der Waals surface area (Å²) in [4.78, 5) is 15.3. The van der Waals surface area contributed by atoms with Crippen LogP contribution in [0, 0.1) is 0 Å². The first-order valence-electron chi connectivity index (χ1n) is 7.77. The Kier molecular flexibility index (Phi) is 5.58. The van der Waals surface area contributed by atoms with Gasteiger partial charge in [-0.25, -0.2) is 9.78 Å². The van der Waals surface area contributed by atoms with Crippen LogP contribution in [-0.2, 0) is 11.2 Å². The molecule has 0 aliphatic carbocycles. The number of hydrogen-bond acceptors (Lipinski definition) is 5. The number of oxazole rings is 1. The molecule has 1 heterocycles. The molecule has 2 aromatic carbocycles. The number of aromatic nitrogens is 1. The number of halogens is 1. The Bertz CT molecular complexity index is 922. The van der Waals surface area contributed by atoms with E-state index in [2.05, 4.69) is 20.9 Å². The van der Waals surface area contributed by atoms with Crippen molar-refractivity contribution in [3.8, 4) is 22.8 Å². The van der Waals surface area contributed by atoms with Crippen LogP contribution in [0.2, 0.25) is 0 Å². The van der Waals surface area contributed by atoms with Crippen LogP contribution in [0.1, 0.15) is 11.5 Å². The number of carbonyl (C=O) groups is 1. The summed E-state index contributed by atoms with van der Waals surface area (Å²) in [6, 6.07) is 12.9. The summed E-state index contributed by atoms with van der Waals surface area (Å²) >= 11 is 3.41. The van der Waals surface area contributed by atoms with E-state index in [1.807, 2.05) is 30.3 Å². The van der Waals surface area contributed by atoms with Gasteiger partial charge in [0.15, 0.2) is 12.5 Å². The van der Waals surface area contributed by atoms with Gasteiger partial charge in [-0.3, -0.25) is 0 Å². The summed E-state index contributed by atoms with van der Waals surface area (Å²) < 4.78 is 17.0. The Balaban J connectivity index is 1.84. The van der Waals surface area contributed by atoms with Crippen molar-refractivity contribution in [1.29, 1.82) is 0 Å². The van der Waals surface area contributed by atoms with Crippen LogP contribution in [0.3, 0.4) is 0 Å². The highest BCUT2D eigenvalue weighted by atomic mass is 79.9. The van der Waals surface area contributed by atoms with Gasteiger partial charge in [0.2, 0.25) is 0 Å². The molecular formula is C19H16BrNO5. The van der Waals surface area contributed by atoms with E-state index in [1.54, 1.807) is 19.2 Å². The maximum Gasteiger partial charge on any atom is 0.341 e. The van der Waals surface area contributed by atoms with Crippen LogP contribution in [0.5, 0.6) is 11.5 Å². The Morgan fingerprint density at radius 1 is 1.27 bits per heavy atom. The zero-order valence-electron chi connectivity index (χ0n) is 13.9. The quantitative estimate of drug-likeness (QED) is 0.621. The van der Waals surface area contributed by atoms with Crippen molar-refractivity contribution in [1.82, 2.24) is 4.98 Å². The SMILES string of the molecule is COc1cccc(Cc2nc(-c3cc(Br)ccc3OCC(=O)O)co2)c1. The lowest BCUT2D eigenvalue weighted by atomic mass is 10.1. The van der Waals surface area contributed by atoms with Crippen molar-refractivity contribution >= 4 is 21.9 Å². The molecule has 0 spiro atoms. The highest BCUT2D eigenvalue weighted by Crippen LogP contribution is 2.32. The predicted octanol–water partition coefficient (Wildman–Crippen LogP) is 4.17. The molecule has 1 aromatic heterocycles. The zero-order chi connectivity index (χ0) is 18.5. The molecule has 0 aliphatic rings. The van der Waals surface area contributed by atoms with Gasteiger partial charge in [0.05, 0.1) is 7.11 Å². The number of benzene rings is 2. The molecule has 3 aromatic rings. The molecule has 26 heavy (non-hydrogen) atoms. The lowest BCUT2D eigenvalue weighted by Gasteiger charge is -2.08. The summed E-state index contributed by atoms with van der Waals surface area (Å²) in [5, 5.41) is 8.82. The molecule has 0 bridgehead atoms. The van der Waals surface area contributed by atoms with Gasteiger partial charge in [-0.2, -0.15) is 0 Å². The molecule has 7 heteroatoms. The average Bonchev–Trinajstić information content (AvgIpc) is 3.09. The van der Waals surface area contributed by atoms with E-state index in [0.717, 1.165) is 15.8 Å². The van der Waals surface area contributed by atoms with E-state index in [-0.39, 0.29) is 0 Å². The third-order valence-corrected chi connectivity index (χ3v) is 4.10. The number of ether oxygens (including phenoxy) is 2. The topological polar surface area (TPSA) is 81.8 Å². The molecule has 0 saturated heterocycles. The first kappa shape index (κ1) is 18.0. The molecule has 3 rings (SSSR count). The number of carboxylic acid groups (broad SMARTS) is 1. The van der Waals surface area contributed by atoms with Crippen LogP contribution in [0.4, 0.5) is 0 Å². The Morgan fingerprint density at radius 3 is 2.88 bits per heavy atom. The van der Waals surface area contributed by atoms with Crippen LogP contribution >= 0.6 is 15.9 Å². The monoisotopic (exact) mass is 417 g/mol. The fourth-order valence-electron chi connectivity index (χ4n) is 2.44. The van der Waals surface area contributed by atoms with Gasteiger partial charge >= 0.3 is 5.97 Å². The van der Waals surface area contributed by atoms with Gasteiger partial charge in [-0.15, -0.1) is 0 Å². The molecule has 6 nitrogen and oxygen atoms in total. The maximum atomic E-state index is 10.8. The molecule has 134 valence electrons. The summed E-state index contributed by atoms with van der Waals surface area (Å²) in [7, 11) is 1.62. The fourth-order valence-corrected chi connectivity index (χ4v) is 2.80. The van der Waals surface area contributed by atoms with Crippen molar-refractivity contribution < 1.29 is 23.8 Å². The lowest BCUT2D eigenvalue weighted by Crippen LogP contribution is -2.10. The predicted molar refractivity (Wildman–Crippen MR) is 98.6 cm³/mol. The van der Waals surface area contributed by atoms with E-state index < -0.39 is 12.6 Å². The Hall–Kier alpha value is -2.80. The van der Waals surface area contributed by atoms with E-state index in [4.69, 9.17) is 19.0 Å². The summed E-state index contributed by atoms with van der Waals surface area (Å²) in [5.74, 6) is 0.692. The van der Waals surface area contributed by atoms with Crippen LogP contribution in [-0.4, -0.2) is 29.8 Å². The number of hydrogen-bond donors (Lipinski definition) is 1. The van der Waals surface area contributed by atoms with Crippen molar-refractivity contribution in [3.63, 3.8) is 0 Å². The summed E-state index contributed by atoms with van der Waals surface area (Å²) in [5.41, 5.74) is 2.24. The minimum atomic E-state index is -1.04. The largest absolute Gasteiger partial charge is 0.497 e. The van der Waals surface area contributed by atoms with E-state index in [0.29, 0.717) is 29.3 Å². The number of nitrogens with zero attached hydrogens (tertiary/aromatic N) is 1. The van der Waals surface area contributed by atoms with Crippen molar-refractivity contribution in [2.45, 2.75) is 6.42 Å². The number of methoxy groups -OCH3 is 1. The maximum absolute atomic E-state index is 10.8. The molecule has 0 radical (unpaired) electrons. The third kappa shape index (κ3) is 4.43. The van der Waals surface area contributed by atoms with Crippen molar-refractivity contribution in [3.05, 3.63) is 64.7 Å².